The van der Waals surface area contributed by atoms with Crippen LogP contribution in [0.25, 0.3) is 0 Å². The van der Waals surface area contributed by atoms with E-state index in [2.05, 4.69) is 5.16 Å². The van der Waals surface area contributed by atoms with Crippen LogP contribution in [0.1, 0.15) is 20.8 Å². The third-order valence-electron chi connectivity index (χ3n) is 0.445. The van der Waals surface area contributed by atoms with Crippen LogP contribution in [0.15, 0.2) is 5.16 Å². The SMILES string of the molecule is CC(C)(C)/C=N\O. The molecule has 42 valence electrons. The van der Waals surface area contributed by atoms with Gasteiger partial charge in [-0.15, -0.1) is 5.16 Å². The monoisotopic (exact) mass is 101 g/mol. The first-order chi connectivity index (χ1) is 3.06. The molecular weight excluding hydrogens is 90.1 g/mol. The van der Waals surface area contributed by atoms with Crippen molar-refractivity contribution >= 4 is 6.21 Å². The fraction of sp³-hybridized carbons (Fsp3) is 0.800. The molecule has 0 amide bonds. The lowest BCUT2D eigenvalue weighted by Gasteiger charge is -2.06. The Hall–Kier alpha value is -0.530. The summed E-state index contributed by atoms with van der Waals surface area (Å²) in [6, 6.07) is 0. The molecule has 0 spiro atoms. The summed E-state index contributed by atoms with van der Waals surface area (Å²) >= 11 is 0. The normalized spacial score (nSPS) is 13.0. The van der Waals surface area contributed by atoms with Gasteiger partial charge >= 0.3 is 0 Å². The lowest BCUT2D eigenvalue weighted by molar-refractivity contribution is 0.315. The van der Waals surface area contributed by atoms with Crippen LogP contribution in [0.5, 0.6) is 0 Å². The molecule has 0 fully saturated rings. The lowest BCUT2D eigenvalue weighted by Crippen LogP contribution is -2.05. The zero-order chi connectivity index (χ0) is 5.91. The molecule has 2 nitrogen and oxygen atoms in total. The fourth-order valence-electron chi connectivity index (χ4n) is 0.173. The number of oxime groups is 1. The molecule has 0 aliphatic carbocycles. The maximum atomic E-state index is 7.97. The van der Waals surface area contributed by atoms with Gasteiger partial charge in [-0.25, -0.2) is 0 Å². The maximum absolute atomic E-state index is 7.97. The van der Waals surface area contributed by atoms with Crippen molar-refractivity contribution in [3.8, 4) is 0 Å². The maximum Gasteiger partial charge on any atom is 0.0489 e. The Kier molecular flexibility index (Phi) is 1.81. The highest BCUT2D eigenvalue weighted by Gasteiger charge is 2.03. The average Bonchev–Trinajstić information content (AvgIpc) is 1.30. The third-order valence-corrected chi connectivity index (χ3v) is 0.445. The zero-order valence-electron chi connectivity index (χ0n) is 4.97. The molecule has 0 rings (SSSR count). The molecule has 2 heteroatoms. The summed E-state index contributed by atoms with van der Waals surface area (Å²) in [5, 5.41) is 10.9. The van der Waals surface area contributed by atoms with Gasteiger partial charge in [0.15, 0.2) is 0 Å². The second-order valence-corrected chi connectivity index (χ2v) is 2.61. The van der Waals surface area contributed by atoms with E-state index in [0.717, 1.165) is 0 Å². The average molecular weight is 101 g/mol. The summed E-state index contributed by atoms with van der Waals surface area (Å²) in [7, 11) is 0. The summed E-state index contributed by atoms with van der Waals surface area (Å²) < 4.78 is 0. The number of nitrogens with zero attached hydrogens (tertiary/aromatic N) is 1. The second kappa shape index (κ2) is 1.96. The Labute approximate surface area is 43.8 Å². The van der Waals surface area contributed by atoms with E-state index < -0.39 is 0 Å². The predicted molar refractivity (Wildman–Crippen MR) is 29.7 cm³/mol. The van der Waals surface area contributed by atoms with Crippen molar-refractivity contribution in [3.05, 3.63) is 0 Å². The van der Waals surface area contributed by atoms with E-state index in [9.17, 15) is 0 Å². The van der Waals surface area contributed by atoms with Crippen molar-refractivity contribution in [1.82, 2.24) is 0 Å². The molecule has 0 saturated heterocycles. The first-order valence-corrected chi connectivity index (χ1v) is 2.25. The summed E-state index contributed by atoms with van der Waals surface area (Å²) in [4.78, 5) is 0. The Morgan fingerprint density at radius 3 is 1.86 bits per heavy atom. The molecule has 0 saturated carbocycles. The van der Waals surface area contributed by atoms with Crippen molar-refractivity contribution < 1.29 is 5.21 Å². The van der Waals surface area contributed by atoms with E-state index >= 15 is 0 Å². The van der Waals surface area contributed by atoms with E-state index in [1.807, 2.05) is 20.8 Å². The van der Waals surface area contributed by atoms with Crippen LogP contribution in [-0.2, 0) is 0 Å². The van der Waals surface area contributed by atoms with Crippen molar-refractivity contribution in [1.29, 1.82) is 0 Å². The van der Waals surface area contributed by atoms with Crippen molar-refractivity contribution in [2.75, 3.05) is 0 Å². The summed E-state index contributed by atoms with van der Waals surface area (Å²) in [5.74, 6) is 0. The lowest BCUT2D eigenvalue weighted by atomic mass is 10.00. The fourth-order valence-corrected chi connectivity index (χ4v) is 0.173. The highest BCUT2D eigenvalue weighted by atomic mass is 16.4. The number of hydrogen-bond acceptors (Lipinski definition) is 2. The van der Waals surface area contributed by atoms with Gasteiger partial charge in [0, 0.05) is 11.6 Å². The second-order valence-electron chi connectivity index (χ2n) is 2.61. The van der Waals surface area contributed by atoms with Crippen LogP contribution >= 0.6 is 0 Å². The van der Waals surface area contributed by atoms with Gasteiger partial charge in [-0.3, -0.25) is 0 Å². The minimum absolute atomic E-state index is 0.00868. The Morgan fingerprint density at radius 1 is 1.43 bits per heavy atom. The molecule has 0 unspecified atom stereocenters. The van der Waals surface area contributed by atoms with E-state index in [1.165, 1.54) is 6.21 Å². The van der Waals surface area contributed by atoms with Crippen LogP contribution in [-0.4, -0.2) is 11.4 Å². The minimum Gasteiger partial charge on any atom is -0.411 e. The van der Waals surface area contributed by atoms with Gasteiger partial charge in [0.25, 0.3) is 0 Å². The molecule has 7 heavy (non-hydrogen) atoms. The highest BCUT2D eigenvalue weighted by molar-refractivity contribution is 5.62. The zero-order valence-corrected chi connectivity index (χ0v) is 4.97. The van der Waals surface area contributed by atoms with Gasteiger partial charge in [0.1, 0.15) is 0 Å². The molecule has 1 N–H and O–H groups in total. The molecular formula is C5H11NO. The molecule has 0 aromatic heterocycles. The van der Waals surface area contributed by atoms with Crippen molar-refractivity contribution in [3.63, 3.8) is 0 Å². The largest absolute Gasteiger partial charge is 0.411 e. The Bertz CT molecular complexity index is 70.6. The van der Waals surface area contributed by atoms with Gasteiger partial charge in [-0.1, -0.05) is 20.8 Å². The summed E-state index contributed by atoms with van der Waals surface area (Å²) in [6.07, 6.45) is 1.49. The quantitative estimate of drug-likeness (QED) is 0.280. The smallest absolute Gasteiger partial charge is 0.0489 e. The third kappa shape index (κ3) is 5.47. The van der Waals surface area contributed by atoms with E-state index in [1.54, 1.807) is 0 Å². The minimum atomic E-state index is 0.00868. The van der Waals surface area contributed by atoms with Crippen LogP contribution < -0.4 is 0 Å². The number of rotatable bonds is 0. The molecule has 0 aromatic rings. The standard InChI is InChI=1S/C5H11NO/c1-5(2,3)4-6-7/h4,7H,1-3H3/b6-4-. The first-order valence-electron chi connectivity index (χ1n) is 2.25. The summed E-state index contributed by atoms with van der Waals surface area (Å²) in [6.45, 7) is 5.90. The van der Waals surface area contributed by atoms with Crippen LogP contribution in [0, 0.1) is 5.41 Å². The van der Waals surface area contributed by atoms with Gasteiger partial charge < -0.3 is 5.21 Å². The first kappa shape index (κ1) is 6.47. The molecule has 0 bridgehead atoms. The molecule has 0 atom stereocenters. The van der Waals surface area contributed by atoms with Crippen LogP contribution in [0.2, 0.25) is 0 Å². The van der Waals surface area contributed by atoms with Crippen LogP contribution in [0.3, 0.4) is 0 Å². The van der Waals surface area contributed by atoms with Gasteiger partial charge in [0.2, 0.25) is 0 Å². The summed E-state index contributed by atoms with van der Waals surface area (Å²) in [5.41, 5.74) is 0.00868. The van der Waals surface area contributed by atoms with E-state index in [0.29, 0.717) is 0 Å². The molecule has 0 heterocycles. The molecule has 0 radical (unpaired) electrons. The highest BCUT2D eigenvalue weighted by Crippen LogP contribution is 2.07. The Balaban J connectivity index is 3.56. The van der Waals surface area contributed by atoms with Gasteiger partial charge in [0.05, 0.1) is 0 Å². The van der Waals surface area contributed by atoms with Crippen molar-refractivity contribution in [2.45, 2.75) is 20.8 Å². The number of hydrogen-bond donors (Lipinski definition) is 1. The van der Waals surface area contributed by atoms with Gasteiger partial charge in [-0.05, 0) is 0 Å². The Morgan fingerprint density at radius 2 is 1.86 bits per heavy atom. The van der Waals surface area contributed by atoms with Crippen LogP contribution in [0.4, 0.5) is 0 Å². The van der Waals surface area contributed by atoms with E-state index in [4.69, 9.17) is 5.21 Å². The molecule has 0 aliphatic rings. The molecule has 0 aliphatic heterocycles. The van der Waals surface area contributed by atoms with Crippen molar-refractivity contribution in [2.24, 2.45) is 10.6 Å². The predicted octanol–water partition coefficient (Wildman–Crippen LogP) is 1.49. The van der Waals surface area contributed by atoms with E-state index in [-0.39, 0.29) is 5.41 Å². The van der Waals surface area contributed by atoms with Gasteiger partial charge in [-0.2, -0.15) is 0 Å². The topological polar surface area (TPSA) is 32.6 Å². The molecule has 0 aromatic carbocycles.